The normalized spacial score (nSPS) is 23.8. The van der Waals surface area contributed by atoms with E-state index in [2.05, 4.69) is 111 Å². The number of hydrogen-bond donors (Lipinski definition) is 0. The first-order valence-electron chi connectivity index (χ1n) is 19.8. The first kappa shape index (κ1) is 30.1. The van der Waals surface area contributed by atoms with Gasteiger partial charge in [-0.05, 0) is 144 Å². The third kappa shape index (κ3) is 3.77. The van der Waals surface area contributed by atoms with Gasteiger partial charge >= 0.3 is 0 Å². The molecule has 14 rings (SSSR count). The van der Waals surface area contributed by atoms with Crippen molar-refractivity contribution in [3.63, 3.8) is 0 Å². The molecule has 4 fully saturated rings. The molecule has 0 radical (unpaired) electrons. The summed E-state index contributed by atoms with van der Waals surface area (Å²) in [6.45, 7) is 4.56. The Labute approximate surface area is 317 Å². The van der Waals surface area contributed by atoms with Crippen LogP contribution in [-0.2, 0) is 5.41 Å². The topological polar surface area (TPSA) is 38.9 Å². The Morgan fingerprint density at radius 1 is 0.593 bits per heavy atom. The standard InChI is InChI=1S/C50H38N2OS/c1-26-16-35-38(17-27(26)2)46-39(24-40(35)48-51-47(30-10-4-3-5-11-30)45-34-13-6-8-14-42(34)53-49(45)52-48)36-23-37-33-12-7-9-15-43(33)54-44(37)25-41(36)50(46)31-19-28-18-29(21-31)22-32(50)20-28/h3-17,23-25,28-29,31-32H,18-22H2,1-2H3. The Balaban J connectivity index is 1.17. The molecule has 3 aromatic heterocycles. The zero-order valence-corrected chi connectivity index (χ0v) is 31.3. The summed E-state index contributed by atoms with van der Waals surface area (Å²) in [5.74, 6) is 3.83. The van der Waals surface area contributed by atoms with Crippen LogP contribution in [0.2, 0.25) is 0 Å². The van der Waals surface area contributed by atoms with E-state index in [4.69, 9.17) is 14.4 Å². The maximum Gasteiger partial charge on any atom is 0.231 e. The maximum atomic E-state index is 6.57. The molecule has 1 spiro atoms. The number of nitrogens with zero attached hydrogens (tertiary/aromatic N) is 2. The first-order chi connectivity index (χ1) is 26.5. The van der Waals surface area contributed by atoms with E-state index >= 15 is 0 Å². The fourth-order valence-electron chi connectivity index (χ4n) is 12.3. The molecule has 54 heavy (non-hydrogen) atoms. The lowest BCUT2D eigenvalue weighted by Crippen LogP contribution is -2.55. The maximum absolute atomic E-state index is 6.57. The van der Waals surface area contributed by atoms with Crippen LogP contribution in [0.25, 0.3) is 86.8 Å². The molecule has 4 heteroatoms. The lowest BCUT2D eigenvalue weighted by molar-refractivity contribution is -0.0393. The molecule has 260 valence electrons. The number of thiophene rings is 1. The highest BCUT2D eigenvalue weighted by molar-refractivity contribution is 7.25. The van der Waals surface area contributed by atoms with Crippen LogP contribution in [0.15, 0.2) is 114 Å². The summed E-state index contributed by atoms with van der Waals surface area (Å²) in [4.78, 5) is 10.9. The summed E-state index contributed by atoms with van der Waals surface area (Å²) in [5, 5.41) is 7.44. The summed E-state index contributed by atoms with van der Waals surface area (Å²) in [6, 6.07) is 40.6. The molecular formula is C50H38N2OS. The zero-order valence-electron chi connectivity index (χ0n) is 30.4. The van der Waals surface area contributed by atoms with Gasteiger partial charge in [-0.1, -0.05) is 78.9 Å². The van der Waals surface area contributed by atoms with Crippen LogP contribution in [0, 0.1) is 37.5 Å². The van der Waals surface area contributed by atoms with Crippen LogP contribution in [0.4, 0.5) is 0 Å². The van der Waals surface area contributed by atoms with Gasteiger partial charge in [0.1, 0.15) is 5.58 Å². The molecule has 3 heterocycles. The zero-order chi connectivity index (χ0) is 35.4. The quantitative estimate of drug-likeness (QED) is 0.179. The van der Waals surface area contributed by atoms with Gasteiger partial charge in [0.05, 0.1) is 11.1 Å². The second kappa shape index (κ2) is 10.5. The van der Waals surface area contributed by atoms with E-state index in [0.717, 1.165) is 50.8 Å². The Hall–Kier alpha value is -5.32. The molecular weight excluding hydrogens is 677 g/mol. The minimum absolute atomic E-state index is 0.0275. The Bertz CT molecular complexity index is 3070. The minimum atomic E-state index is 0.0275. The number of aryl methyl sites for hydroxylation is 2. The number of rotatable bonds is 2. The number of furan rings is 1. The second-order valence-electron chi connectivity index (χ2n) is 17.0. The molecule has 5 aliphatic rings. The first-order valence-corrected chi connectivity index (χ1v) is 20.6. The lowest BCUT2D eigenvalue weighted by atomic mass is 9.43. The summed E-state index contributed by atoms with van der Waals surface area (Å²) in [7, 11) is 0. The van der Waals surface area contributed by atoms with Gasteiger partial charge in [0.15, 0.2) is 5.82 Å². The number of benzene rings is 6. The van der Waals surface area contributed by atoms with Crippen molar-refractivity contribution in [1.82, 2.24) is 9.97 Å². The molecule has 0 unspecified atom stereocenters. The monoisotopic (exact) mass is 714 g/mol. The molecule has 6 aromatic carbocycles. The summed E-state index contributed by atoms with van der Waals surface area (Å²) < 4.78 is 9.37. The molecule has 4 saturated carbocycles. The lowest BCUT2D eigenvalue weighted by Gasteiger charge is -2.61. The van der Waals surface area contributed by atoms with Crippen molar-refractivity contribution >= 4 is 64.4 Å². The van der Waals surface area contributed by atoms with Crippen LogP contribution < -0.4 is 0 Å². The second-order valence-corrected chi connectivity index (χ2v) is 18.1. The van der Waals surface area contributed by atoms with Crippen molar-refractivity contribution in [2.75, 3.05) is 0 Å². The average molecular weight is 715 g/mol. The van der Waals surface area contributed by atoms with Gasteiger partial charge in [-0.25, -0.2) is 4.98 Å². The van der Waals surface area contributed by atoms with Gasteiger partial charge in [0.25, 0.3) is 0 Å². The highest BCUT2D eigenvalue weighted by Gasteiger charge is 2.62. The Morgan fingerprint density at radius 3 is 2.09 bits per heavy atom. The van der Waals surface area contributed by atoms with Crippen molar-refractivity contribution in [1.29, 1.82) is 0 Å². The van der Waals surface area contributed by atoms with Crippen molar-refractivity contribution in [3.8, 4) is 33.8 Å². The summed E-state index contributed by atoms with van der Waals surface area (Å²) in [6.07, 6.45) is 6.88. The molecule has 0 aliphatic heterocycles. The van der Waals surface area contributed by atoms with Gasteiger partial charge in [0.2, 0.25) is 5.71 Å². The van der Waals surface area contributed by atoms with Gasteiger partial charge in [-0.3, -0.25) is 0 Å². The molecule has 9 aromatic rings. The number of fused-ring (bicyclic) bond motifs is 11. The fourth-order valence-corrected chi connectivity index (χ4v) is 13.5. The molecule has 4 bridgehead atoms. The minimum Gasteiger partial charge on any atom is -0.438 e. The van der Waals surface area contributed by atoms with Crippen molar-refractivity contribution in [2.45, 2.75) is 51.4 Å². The van der Waals surface area contributed by atoms with E-state index < -0.39 is 0 Å². The van der Waals surface area contributed by atoms with Crippen LogP contribution in [-0.4, -0.2) is 9.97 Å². The number of aromatic nitrogens is 2. The highest BCUT2D eigenvalue weighted by Crippen LogP contribution is 2.71. The predicted molar refractivity (Wildman–Crippen MR) is 223 cm³/mol. The molecule has 3 nitrogen and oxygen atoms in total. The smallest absolute Gasteiger partial charge is 0.231 e. The third-order valence-electron chi connectivity index (χ3n) is 14.4. The van der Waals surface area contributed by atoms with E-state index in [0.29, 0.717) is 17.5 Å². The average Bonchev–Trinajstić information content (AvgIpc) is 3.84. The van der Waals surface area contributed by atoms with Crippen LogP contribution in [0.3, 0.4) is 0 Å². The van der Waals surface area contributed by atoms with Crippen LogP contribution in [0.5, 0.6) is 0 Å². The highest BCUT2D eigenvalue weighted by atomic mass is 32.1. The molecule has 0 N–H and O–H groups in total. The van der Waals surface area contributed by atoms with Gasteiger partial charge in [-0.15, -0.1) is 11.3 Å². The SMILES string of the molecule is Cc1cc2c(-c3nc(-c4ccccc4)c4c(n3)oc3ccccc34)cc3c(c2cc1C)C1(c2cc4sc5ccccc5c4cc2-3)C2CC3CC(C2)CC1C3. The molecule has 0 amide bonds. The van der Waals surface area contributed by atoms with Crippen LogP contribution >= 0.6 is 11.3 Å². The van der Waals surface area contributed by atoms with E-state index in [1.165, 1.54) is 85.3 Å². The van der Waals surface area contributed by atoms with Crippen molar-refractivity contribution in [3.05, 3.63) is 131 Å². The van der Waals surface area contributed by atoms with Gasteiger partial charge in [-0.2, -0.15) is 4.98 Å². The van der Waals surface area contributed by atoms with Crippen molar-refractivity contribution in [2.24, 2.45) is 23.7 Å². The summed E-state index contributed by atoms with van der Waals surface area (Å²) in [5.41, 5.74) is 13.3. The molecule has 0 saturated heterocycles. The number of hydrogen-bond acceptors (Lipinski definition) is 4. The van der Waals surface area contributed by atoms with Gasteiger partial charge in [0, 0.05) is 42.1 Å². The largest absolute Gasteiger partial charge is 0.438 e. The predicted octanol–water partition coefficient (Wildman–Crippen LogP) is 13.6. The number of para-hydroxylation sites is 1. The molecule has 5 aliphatic carbocycles. The Morgan fingerprint density at radius 2 is 1.30 bits per heavy atom. The fraction of sp³-hybridized carbons (Fsp3) is 0.240. The summed E-state index contributed by atoms with van der Waals surface area (Å²) >= 11 is 1.97. The van der Waals surface area contributed by atoms with Gasteiger partial charge < -0.3 is 4.42 Å². The Kier molecular flexibility index (Phi) is 5.82. The molecule has 0 atom stereocenters. The van der Waals surface area contributed by atoms with E-state index in [9.17, 15) is 0 Å². The van der Waals surface area contributed by atoms with E-state index in [1.807, 2.05) is 23.5 Å². The van der Waals surface area contributed by atoms with E-state index in [-0.39, 0.29) is 5.41 Å². The van der Waals surface area contributed by atoms with E-state index in [1.54, 1.807) is 11.1 Å². The van der Waals surface area contributed by atoms with Crippen molar-refractivity contribution < 1.29 is 4.42 Å². The van der Waals surface area contributed by atoms with Crippen LogP contribution in [0.1, 0.15) is 54.4 Å². The third-order valence-corrected chi connectivity index (χ3v) is 15.5.